The number of aromatic carboxylic acids is 1. The molecule has 1 aliphatic carbocycles. The highest BCUT2D eigenvalue weighted by Crippen LogP contribution is 2.51. The lowest BCUT2D eigenvalue weighted by Crippen LogP contribution is -2.29. The van der Waals surface area contributed by atoms with E-state index in [2.05, 4.69) is 20.3 Å². The van der Waals surface area contributed by atoms with Crippen molar-refractivity contribution in [3.05, 3.63) is 171 Å². The molecule has 50 heavy (non-hydrogen) atoms. The number of aromatic nitrogens is 2. The van der Waals surface area contributed by atoms with Gasteiger partial charge in [0, 0.05) is 48.6 Å². The number of benzene rings is 3. The molecule has 2 aromatic heterocycles. The van der Waals surface area contributed by atoms with Crippen molar-refractivity contribution in [1.29, 1.82) is 0 Å². The molecule has 11 heteroatoms. The summed E-state index contributed by atoms with van der Waals surface area (Å²) in [5, 5.41) is 24.6. The number of hydrogen-bond acceptors (Lipinski definition) is 8. The Kier molecular flexibility index (Phi) is 9.04. The molecular weight excluding hydrogens is 659 g/mol. The predicted molar refractivity (Wildman–Crippen MR) is 185 cm³/mol. The number of ether oxygens (including phenoxy) is 1. The molecule has 3 N–H and O–H groups in total. The van der Waals surface area contributed by atoms with Crippen LogP contribution in [0.3, 0.4) is 0 Å². The second-order valence-corrected chi connectivity index (χ2v) is 12.1. The van der Waals surface area contributed by atoms with Crippen LogP contribution >= 0.6 is 11.6 Å². The van der Waals surface area contributed by atoms with Gasteiger partial charge in [-0.25, -0.2) is 9.18 Å². The molecule has 2 atom stereocenters. The fourth-order valence-electron chi connectivity index (χ4n) is 6.32. The molecule has 9 nitrogen and oxygen atoms in total. The maximum Gasteiger partial charge on any atom is 0.335 e. The number of phenols is 1. The topological polar surface area (TPSA) is 134 Å². The van der Waals surface area contributed by atoms with Crippen molar-refractivity contribution in [2.45, 2.75) is 18.5 Å². The summed E-state index contributed by atoms with van der Waals surface area (Å²) < 4.78 is 20.9. The summed E-state index contributed by atoms with van der Waals surface area (Å²) in [7, 11) is 0. The number of nitrogens with one attached hydrogen (secondary N) is 1. The van der Waals surface area contributed by atoms with Gasteiger partial charge in [0.25, 0.3) is 0 Å². The van der Waals surface area contributed by atoms with Gasteiger partial charge in [0.2, 0.25) is 0 Å². The number of phenolic OH excluding ortho intramolecular Hbond substituents is 1. The number of halogens is 2. The molecule has 0 radical (unpaired) electrons. The monoisotopic (exact) mass is 686 g/mol. The van der Waals surface area contributed by atoms with Crippen LogP contribution in [-0.4, -0.2) is 38.1 Å². The van der Waals surface area contributed by atoms with Gasteiger partial charge in [0.1, 0.15) is 23.1 Å². The molecule has 0 saturated heterocycles. The van der Waals surface area contributed by atoms with Crippen LogP contribution in [0.4, 0.5) is 10.1 Å². The van der Waals surface area contributed by atoms with E-state index in [1.54, 1.807) is 42.7 Å². The van der Waals surface area contributed by atoms with Crippen LogP contribution in [0.25, 0.3) is 0 Å². The predicted octanol–water partition coefficient (Wildman–Crippen LogP) is 7.38. The van der Waals surface area contributed by atoms with Gasteiger partial charge in [-0.3, -0.25) is 25.1 Å². The number of fused-ring (bicyclic) bond motifs is 2. The Labute approximate surface area is 291 Å². The number of pyridine rings is 2. The second-order valence-electron chi connectivity index (χ2n) is 11.7. The lowest BCUT2D eigenvalue weighted by molar-refractivity contribution is -0.111. The molecule has 0 bridgehead atoms. The molecule has 0 fully saturated rings. The number of rotatable bonds is 9. The standard InChI is InChI=1S/C39H28ClFN4O5/c40-29-18-27-35(19-34(29)47)50-38-26(36(27)24-7-1-2-8-25(24)39(48)49)12-14-33(46)28(38)21-44-30-13-11-23(41)17-22(30)20-45-37(31-9-3-5-15-42-31)32-10-4-6-16-43-32/h1-19,21,27,36-37,45-46H,20H2,(H,48,49). The molecule has 1 aliphatic heterocycles. The lowest BCUT2D eigenvalue weighted by atomic mass is 9.74. The zero-order valence-corrected chi connectivity index (χ0v) is 27.0. The van der Waals surface area contributed by atoms with Crippen molar-refractivity contribution in [2.75, 3.05) is 0 Å². The summed E-state index contributed by atoms with van der Waals surface area (Å²) in [6.07, 6.45) is 7.64. The molecule has 0 spiro atoms. The van der Waals surface area contributed by atoms with Crippen molar-refractivity contribution in [1.82, 2.24) is 15.3 Å². The number of ketones is 1. The Morgan fingerprint density at radius 3 is 2.40 bits per heavy atom. The zero-order valence-electron chi connectivity index (χ0n) is 26.2. The van der Waals surface area contributed by atoms with E-state index in [1.807, 2.05) is 36.4 Å². The Bertz CT molecular complexity index is 2170. The Morgan fingerprint density at radius 1 is 0.980 bits per heavy atom. The van der Waals surface area contributed by atoms with Gasteiger partial charge in [0.05, 0.1) is 39.3 Å². The Hall–Kier alpha value is -5.97. The van der Waals surface area contributed by atoms with Gasteiger partial charge in [-0.2, -0.15) is 0 Å². The largest absolute Gasteiger partial charge is 0.507 e. The second kappa shape index (κ2) is 13.9. The first-order valence-electron chi connectivity index (χ1n) is 15.7. The van der Waals surface area contributed by atoms with Crippen molar-refractivity contribution in [2.24, 2.45) is 10.9 Å². The van der Waals surface area contributed by atoms with E-state index in [9.17, 15) is 24.2 Å². The fourth-order valence-corrected chi connectivity index (χ4v) is 6.51. The summed E-state index contributed by atoms with van der Waals surface area (Å²) >= 11 is 6.28. The Balaban J connectivity index is 1.28. The van der Waals surface area contributed by atoms with E-state index in [1.165, 1.54) is 42.6 Å². The highest BCUT2D eigenvalue weighted by Gasteiger charge is 2.40. The fraction of sp³-hybridized carbons (Fsp3) is 0.103. The maximum atomic E-state index is 14.6. The number of carboxylic acids is 1. The van der Waals surface area contributed by atoms with Crippen LogP contribution in [0.1, 0.15) is 56.0 Å². The Morgan fingerprint density at radius 2 is 1.70 bits per heavy atom. The molecule has 248 valence electrons. The summed E-state index contributed by atoms with van der Waals surface area (Å²) in [6.45, 7) is 0.190. The molecular formula is C39H28ClFN4O5. The summed E-state index contributed by atoms with van der Waals surface area (Å²) in [5.41, 5.74) is 3.71. The van der Waals surface area contributed by atoms with E-state index in [0.717, 1.165) is 11.4 Å². The van der Waals surface area contributed by atoms with Gasteiger partial charge < -0.3 is 14.9 Å². The van der Waals surface area contributed by atoms with E-state index < -0.39 is 35.4 Å². The summed E-state index contributed by atoms with van der Waals surface area (Å²) in [5.74, 6) is -2.97. The number of carbonyl (C=O) groups excluding carboxylic acids is 1. The zero-order chi connectivity index (χ0) is 34.8. The van der Waals surface area contributed by atoms with Crippen LogP contribution in [0, 0.1) is 11.7 Å². The highest BCUT2D eigenvalue weighted by molar-refractivity contribution is 6.44. The molecule has 0 saturated carbocycles. The van der Waals surface area contributed by atoms with E-state index in [-0.39, 0.29) is 40.0 Å². The number of carbonyl (C=O) groups is 2. The number of hydrogen-bond donors (Lipinski definition) is 3. The van der Waals surface area contributed by atoms with Crippen LogP contribution in [0.2, 0.25) is 0 Å². The van der Waals surface area contributed by atoms with Crippen molar-refractivity contribution in [3.63, 3.8) is 0 Å². The third-order valence-electron chi connectivity index (χ3n) is 8.65. The average molecular weight is 687 g/mol. The number of allylic oxidation sites excluding steroid dienone is 3. The molecule has 3 heterocycles. The molecule has 2 unspecified atom stereocenters. The maximum absolute atomic E-state index is 14.6. The molecule has 3 aromatic carbocycles. The quantitative estimate of drug-likeness (QED) is 0.137. The average Bonchev–Trinajstić information content (AvgIpc) is 3.12. The van der Waals surface area contributed by atoms with Crippen molar-refractivity contribution in [3.8, 4) is 11.5 Å². The number of aromatic hydroxyl groups is 1. The van der Waals surface area contributed by atoms with Crippen molar-refractivity contribution >= 4 is 35.3 Å². The van der Waals surface area contributed by atoms with Gasteiger partial charge in [-0.1, -0.05) is 54.1 Å². The summed E-state index contributed by atoms with van der Waals surface area (Å²) in [4.78, 5) is 38.6. The smallest absolute Gasteiger partial charge is 0.335 e. The summed E-state index contributed by atoms with van der Waals surface area (Å²) in [6, 6.07) is 24.7. The molecule has 2 aliphatic rings. The minimum Gasteiger partial charge on any atom is -0.507 e. The van der Waals surface area contributed by atoms with E-state index in [4.69, 9.17) is 16.3 Å². The van der Waals surface area contributed by atoms with Gasteiger partial charge in [-0.15, -0.1) is 0 Å². The number of nitrogens with zero attached hydrogens (tertiary/aromatic N) is 3. The highest BCUT2D eigenvalue weighted by atomic mass is 35.5. The number of aliphatic imine (C=N–C) groups is 1. The van der Waals surface area contributed by atoms with Crippen LogP contribution in [0.5, 0.6) is 11.5 Å². The number of carboxylic acid groups (broad SMARTS) is 1. The van der Waals surface area contributed by atoms with Crippen molar-refractivity contribution < 1.29 is 28.9 Å². The third kappa shape index (κ3) is 6.41. The van der Waals surface area contributed by atoms with E-state index >= 15 is 0 Å². The minimum atomic E-state index is -1.12. The lowest BCUT2D eigenvalue weighted by Gasteiger charge is -2.36. The normalized spacial score (nSPS) is 16.7. The SMILES string of the molecule is O=C1C=C2Oc3c(ccc(O)c3C=Nc3ccc(F)cc3CNC(c3ccccn3)c3ccccn3)C(c3ccccc3C(=O)O)C2C=C1Cl. The molecule has 0 amide bonds. The molecule has 7 rings (SSSR count). The van der Waals surface area contributed by atoms with Gasteiger partial charge in [-0.05, 0) is 65.7 Å². The van der Waals surface area contributed by atoms with Crippen LogP contribution < -0.4 is 10.1 Å². The first kappa shape index (κ1) is 32.6. The minimum absolute atomic E-state index is 0.00468. The first-order valence-corrected chi connectivity index (χ1v) is 16.0. The van der Waals surface area contributed by atoms with Crippen LogP contribution in [0.15, 0.2) is 131 Å². The van der Waals surface area contributed by atoms with Gasteiger partial charge in [0.15, 0.2) is 5.78 Å². The van der Waals surface area contributed by atoms with Crippen LogP contribution in [-0.2, 0) is 11.3 Å². The van der Waals surface area contributed by atoms with E-state index in [0.29, 0.717) is 22.4 Å². The van der Waals surface area contributed by atoms with Gasteiger partial charge >= 0.3 is 5.97 Å². The molecule has 5 aromatic rings. The third-order valence-corrected chi connectivity index (χ3v) is 8.96. The first-order chi connectivity index (χ1) is 24.3.